The summed E-state index contributed by atoms with van der Waals surface area (Å²) in [5, 5.41) is 26.9. The van der Waals surface area contributed by atoms with Crippen molar-refractivity contribution in [1.82, 2.24) is 30.5 Å². The zero-order valence-electron chi connectivity index (χ0n) is 25.5. The molecule has 2 aliphatic heterocycles. The predicted molar refractivity (Wildman–Crippen MR) is 160 cm³/mol. The van der Waals surface area contributed by atoms with E-state index in [1.54, 1.807) is 10.9 Å². The number of hydrogen-bond acceptors (Lipinski definition) is 7. The number of nitriles is 1. The standard InChI is InChI=1S/C32H40N8O4/c1-31(2,3)15-25(29(43)39-18-32(14-21(39)16-33)22-6-4-5-7-23(22)36-30(32)44)35-27(41)24(13-10-19-8-9-19)34-28(42)26-17-40(38-37-26)20-11-12-20/h4-7,17,19-21,24-25H,8-15,18H2,1-3H3,(H,34,42)(H,35,41)(H,36,44)/t21-,24-,25-,32-/m0/s1. The quantitative estimate of drug-likeness (QED) is 0.378. The van der Waals surface area contributed by atoms with Crippen LogP contribution in [0.5, 0.6) is 0 Å². The highest BCUT2D eigenvalue weighted by molar-refractivity contribution is 6.07. The molecule has 4 aliphatic rings. The van der Waals surface area contributed by atoms with Crippen LogP contribution in [-0.2, 0) is 19.8 Å². The lowest BCUT2D eigenvalue weighted by atomic mass is 9.80. The first-order chi connectivity index (χ1) is 21.0. The summed E-state index contributed by atoms with van der Waals surface area (Å²) in [6.07, 6.45) is 7.52. The molecule has 0 radical (unpaired) electrons. The Balaban J connectivity index is 1.21. The number of para-hydroxylation sites is 1. The second kappa shape index (κ2) is 11.3. The molecule has 3 N–H and O–H groups in total. The van der Waals surface area contributed by atoms with Gasteiger partial charge in [0.2, 0.25) is 17.7 Å². The Bertz CT molecular complexity index is 1510. The van der Waals surface area contributed by atoms with E-state index in [4.69, 9.17) is 0 Å². The highest BCUT2D eigenvalue weighted by Crippen LogP contribution is 2.46. The summed E-state index contributed by atoms with van der Waals surface area (Å²) in [7, 11) is 0. The largest absolute Gasteiger partial charge is 0.342 e. The number of amides is 4. The maximum Gasteiger partial charge on any atom is 0.274 e. The van der Waals surface area contributed by atoms with Crippen molar-refractivity contribution < 1.29 is 19.2 Å². The number of aromatic nitrogens is 3. The van der Waals surface area contributed by atoms with Gasteiger partial charge in [-0.05, 0) is 55.1 Å². The number of benzene rings is 1. The molecule has 12 heteroatoms. The fourth-order valence-corrected chi connectivity index (χ4v) is 6.48. The maximum atomic E-state index is 14.2. The second-order valence-corrected chi connectivity index (χ2v) is 14.1. The number of rotatable bonds is 10. The van der Waals surface area contributed by atoms with Crippen LogP contribution in [0, 0.1) is 22.7 Å². The highest BCUT2D eigenvalue weighted by atomic mass is 16.2. The minimum absolute atomic E-state index is 0.0436. The first-order valence-corrected chi connectivity index (χ1v) is 15.6. The minimum Gasteiger partial charge on any atom is -0.342 e. The molecule has 4 atom stereocenters. The lowest BCUT2D eigenvalue weighted by molar-refractivity contribution is -0.138. The van der Waals surface area contributed by atoms with Crippen molar-refractivity contribution in [2.75, 3.05) is 11.9 Å². The summed E-state index contributed by atoms with van der Waals surface area (Å²) in [6, 6.07) is 7.20. The van der Waals surface area contributed by atoms with Crippen molar-refractivity contribution in [3.63, 3.8) is 0 Å². The summed E-state index contributed by atoms with van der Waals surface area (Å²) in [6.45, 7) is 5.97. The van der Waals surface area contributed by atoms with Gasteiger partial charge in [0, 0.05) is 18.7 Å². The number of anilines is 1. The summed E-state index contributed by atoms with van der Waals surface area (Å²) < 4.78 is 1.68. The molecule has 2 saturated carbocycles. The van der Waals surface area contributed by atoms with Gasteiger partial charge in [0.1, 0.15) is 18.1 Å². The Labute approximate surface area is 256 Å². The first kappa shape index (κ1) is 29.8. The van der Waals surface area contributed by atoms with E-state index in [1.807, 2.05) is 45.0 Å². The third-order valence-corrected chi connectivity index (χ3v) is 9.19. The van der Waals surface area contributed by atoms with Crippen LogP contribution in [-0.4, -0.2) is 68.2 Å². The Morgan fingerprint density at radius 2 is 1.89 bits per heavy atom. The highest BCUT2D eigenvalue weighted by Gasteiger charge is 2.56. The molecule has 232 valence electrons. The van der Waals surface area contributed by atoms with E-state index < -0.39 is 41.3 Å². The van der Waals surface area contributed by atoms with Gasteiger partial charge in [0.05, 0.1) is 23.7 Å². The van der Waals surface area contributed by atoms with Crippen LogP contribution in [0.15, 0.2) is 30.5 Å². The lowest BCUT2D eigenvalue weighted by Gasteiger charge is -2.32. The van der Waals surface area contributed by atoms with E-state index in [1.165, 1.54) is 4.90 Å². The van der Waals surface area contributed by atoms with E-state index in [9.17, 15) is 24.4 Å². The predicted octanol–water partition coefficient (Wildman–Crippen LogP) is 2.84. The third kappa shape index (κ3) is 6.05. The topological polar surface area (TPSA) is 162 Å². The molecule has 2 aliphatic carbocycles. The molecule has 0 unspecified atom stereocenters. The molecule has 3 fully saturated rings. The fourth-order valence-electron chi connectivity index (χ4n) is 6.48. The Morgan fingerprint density at radius 3 is 2.57 bits per heavy atom. The van der Waals surface area contributed by atoms with Crippen molar-refractivity contribution in [2.45, 2.75) is 102 Å². The van der Waals surface area contributed by atoms with Gasteiger partial charge in [-0.1, -0.05) is 57.0 Å². The van der Waals surface area contributed by atoms with Crippen molar-refractivity contribution >= 4 is 29.3 Å². The van der Waals surface area contributed by atoms with Crippen LogP contribution in [0.2, 0.25) is 0 Å². The number of carbonyl (C=O) groups excluding carboxylic acids is 4. The molecule has 1 aromatic heterocycles. The van der Waals surface area contributed by atoms with Gasteiger partial charge in [-0.3, -0.25) is 19.2 Å². The molecule has 2 aromatic rings. The van der Waals surface area contributed by atoms with Gasteiger partial charge < -0.3 is 20.9 Å². The molecule has 0 bridgehead atoms. The zero-order chi connectivity index (χ0) is 31.2. The van der Waals surface area contributed by atoms with Crippen LogP contribution >= 0.6 is 0 Å². The molecule has 12 nitrogen and oxygen atoms in total. The average molecular weight is 601 g/mol. The zero-order valence-corrected chi connectivity index (χ0v) is 25.5. The summed E-state index contributed by atoms with van der Waals surface area (Å²) >= 11 is 0. The van der Waals surface area contributed by atoms with E-state index in [0.29, 0.717) is 24.4 Å². The van der Waals surface area contributed by atoms with Crippen LogP contribution in [0.25, 0.3) is 0 Å². The van der Waals surface area contributed by atoms with E-state index in [-0.39, 0.29) is 36.0 Å². The lowest BCUT2D eigenvalue weighted by Crippen LogP contribution is -2.56. The van der Waals surface area contributed by atoms with E-state index >= 15 is 0 Å². The van der Waals surface area contributed by atoms with Gasteiger partial charge in [0.25, 0.3) is 5.91 Å². The molecule has 44 heavy (non-hydrogen) atoms. The van der Waals surface area contributed by atoms with Crippen LogP contribution < -0.4 is 16.0 Å². The number of fused-ring (bicyclic) bond motifs is 2. The van der Waals surface area contributed by atoms with Gasteiger partial charge in [-0.25, -0.2) is 4.68 Å². The number of nitrogens with one attached hydrogen (secondary N) is 3. The van der Waals surface area contributed by atoms with Crippen LogP contribution in [0.1, 0.15) is 94.2 Å². The minimum atomic E-state index is -1.03. The molecule has 1 aromatic carbocycles. The molecule has 1 spiro atoms. The Kier molecular flexibility index (Phi) is 7.68. The summed E-state index contributed by atoms with van der Waals surface area (Å²) in [5.74, 6) is -1.05. The van der Waals surface area contributed by atoms with Gasteiger partial charge in [-0.2, -0.15) is 5.26 Å². The number of carbonyl (C=O) groups is 4. The molecular formula is C32H40N8O4. The maximum absolute atomic E-state index is 14.2. The third-order valence-electron chi connectivity index (χ3n) is 9.19. The first-order valence-electron chi connectivity index (χ1n) is 15.6. The van der Waals surface area contributed by atoms with E-state index in [0.717, 1.165) is 37.7 Å². The van der Waals surface area contributed by atoms with Crippen LogP contribution in [0.4, 0.5) is 5.69 Å². The van der Waals surface area contributed by atoms with Crippen molar-refractivity contribution in [2.24, 2.45) is 11.3 Å². The SMILES string of the molecule is CC(C)(C)C[C@H](NC(=O)[C@H](CCC1CC1)NC(=O)c1cn(C2CC2)nn1)C(=O)N1C[C@]2(C[C@H]1C#N)C(=O)Nc1ccccc12. The summed E-state index contributed by atoms with van der Waals surface area (Å²) in [5.41, 5.74) is 0.242. The second-order valence-electron chi connectivity index (χ2n) is 14.1. The molecule has 4 amide bonds. The van der Waals surface area contributed by atoms with Gasteiger partial charge in [-0.15, -0.1) is 5.10 Å². The molecule has 3 heterocycles. The van der Waals surface area contributed by atoms with Crippen LogP contribution in [0.3, 0.4) is 0 Å². The van der Waals surface area contributed by atoms with Gasteiger partial charge in [0.15, 0.2) is 5.69 Å². The fraction of sp³-hybridized carbons (Fsp3) is 0.594. The molecule has 6 rings (SSSR count). The molecular weight excluding hydrogens is 560 g/mol. The summed E-state index contributed by atoms with van der Waals surface area (Å²) in [4.78, 5) is 55.9. The smallest absolute Gasteiger partial charge is 0.274 e. The van der Waals surface area contributed by atoms with Gasteiger partial charge >= 0.3 is 0 Å². The number of likely N-dealkylation sites (tertiary alicyclic amines) is 1. The molecule has 1 saturated heterocycles. The van der Waals surface area contributed by atoms with Crippen molar-refractivity contribution in [3.8, 4) is 6.07 Å². The van der Waals surface area contributed by atoms with Crippen molar-refractivity contribution in [3.05, 3.63) is 41.7 Å². The number of nitrogens with zero attached hydrogens (tertiary/aromatic N) is 5. The number of hydrogen-bond donors (Lipinski definition) is 3. The Hall–Kier alpha value is -4.27. The average Bonchev–Trinajstić information content (AvgIpc) is 3.90. The monoisotopic (exact) mass is 600 g/mol. The normalized spacial score (nSPS) is 23.9. The van der Waals surface area contributed by atoms with E-state index in [2.05, 4.69) is 32.3 Å². The Morgan fingerprint density at radius 1 is 1.14 bits per heavy atom. The van der Waals surface area contributed by atoms with Crippen molar-refractivity contribution in [1.29, 1.82) is 5.26 Å².